The molecule has 0 aliphatic heterocycles. The van der Waals surface area contributed by atoms with Gasteiger partial charge in [-0.15, -0.1) is 12.3 Å². The van der Waals surface area contributed by atoms with E-state index in [1.165, 1.54) is 6.07 Å². The number of terminal acetylenes is 1. The SMILES string of the molecule is C#CCCCNc1ccc(Br)c(F)c1. The van der Waals surface area contributed by atoms with Gasteiger partial charge in [0, 0.05) is 18.7 Å². The molecule has 1 aromatic rings. The minimum Gasteiger partial charge on any atom is -0.385 e. The summed E-state index contributed by atoms with van der Waals surface area (Å²) >= 11 is 3.09. The Labute approximate surface area is 91.8 Å². The van der Waals surface area contributed by atoms with Crippen molar-refractivity contribution in [2.75, 3.05) is 11.9 Å². The summed E-state index contributed by atoms with van der Waals surface area (Å²) in [7, 11) is 0. The Bertz CT molecular complexity index is 344. The van der Waals surface area contributed by atoms with E-state index in [-0.39, 0.29) is 5.82 Å². The third kappa shape index (κ3) is 3.39. The molecule has 14 heavy (non-hydrogen) atoms. The summed E-state index contributed by atoms with van der Waals surface area (Å²) in [6.45, 7) is 0.769. The minimum atomic E-state index is -0.257. The van der Waals surface area contributed by atoms with Crippen molar-refractivity contribution in [1.29, 1.82) is 0 Å². The summed E-state index contributed by atoms with van der Waals surface area (Å²) in [5, 5.41) is 3.09. The van der Waals surface area contributed by atoms with Crippen LogP contribution in [0.5, 0.6) is 0 Å². The first-order valence-electron chi connectivity index (χ1n) is 4.36. The molecular formula is C11H11BrFN. The van der Waals surface area contributed by atoms with Crippen LogP contribution in [0.1, 0.15) is 12.8 Å². The van der Waals surface area contributed by atoms with Crippen LogP contribution < -0.4 is 5.32 Å². The lowest BCUT2D eigenvalue weighted by atomic mass is 10.3. The Balaban J connectivity index is 2.44. The average Bonchev–Trinajstić information content (AvgIpc) is 2.18. The molecule has 1 aromatic carbocycles. The molecule has 0 aliphatic rings. The predicted molar refractivity (Wildman–Crippen MR) is 60.7 cm³/mol. The van der Waals surface area contributed by atoms with E-state index in [0.717, 1.165) is 25.1 Å². The van der Waals surface area contributed by atoms with Crippen molar-refractivity contribution in [1.82, 2.24) is 0 Å². The normalized spacial score (nSPS) is 9.50. The van der Waals surface area contributed by atoms with Crippen molar-refractivity contribution >= 4 is 21.6 Å². The molecule has 0 saturated heterocycles. The minimum absolute atomic E-state index is 0.257. The van der Waals surface area contributed by atoms with Crippen molar-refractivity contribution in [3.05, 3.63) is 28.5 Å². The van der Waals surface area contributed by atoms with Crippen LogP contribution in [0.25, 0.3) is 0 Å². The number of hydrogen-bond donors (Lipinski definition) is 1. The van der Waals surface area contributed by atoms with Crippen LogP contribution in [-0.4, -0.2) is 6.54 Å². The van der Waals surface area contributed by atoms with Gasteiger partial charge in [0.25, 0.3) is 0 Å². The highest BCUT2D eigenvalue weighted by atomic mass is 79.9. The molecule has 0 saturated carbocycles. The van der Waals surface area contributed by atoms with E-state index in [1.54, 1.807) is 6.07 Å². The maximum absolute atomic E-state index is 13.0. The number of anilines is 1. The Morgan fingerprint density at radius 2 is 2.29 bits per heavy atom. The molecule has 1 N–H and O–H groups in total. The van der Waals surface area contributed by atoms with Gasteiger partial charge in [0.2, 0.25) is 0 Å². The molecule has 3 heteroatoms. The largest absolute Gasteiger partial charge is 0.385 e. The highest BCUT2D eigenvalue weighted by molar-refractivity contribution is 9.10. The quantitative estimate of drug-likeness (QED) is 0.643. The van der Waals surface area contributed by atoms with Gasteiger partial charge in [0.05, 0.1) is 4.47 Å². The van der Waals surface area contributed by atoms with E-state index in [2.05, 4.69) is 27.2 Å². The van der Waals surface area contributed by atoms with Crippen LogP contribution in [0.2, 0.25) is 0 Å². The van der Waals surface area contributed by atoms with Crippen LogP contribution >= 0.6 is 15.9 Å². The number of rotatable bonds is 4. The zero-order valence-corrected chi connectivity index (χ0v) is 9.27. The van der Waals surface area contributed by atoms with E-state index in [0.29, 0.717) is 4.47 Å². The summed E-state index contributed by atoms with van der Waals surface area (Å²) < 4.78 is 13.5. The summed E-state index contributed by atoms with van der Waals surface area (Å²) in [4.78, 5) is 0. The van der Waals surface area contributed by atoms with Crippen molar-refractivity contribution in [2.24, 2.45) is 0 Å². The van der Waals surface area contributed by atoms with Crippen LogP contribution in [0.15, 0.2) is 22.7 Å². The van der Waals surface area contributed by atoms with Crippen molar-refractivity contribution in [3.63, 3.8) is 0 Å². The average molecular weight is 256 g/mol. The van der Waals surface area contributed by atoms with Gasteiger partial charge in [-0.25, -0.2) is 4.39 Å². The summed E-state index contributed by atoms with van der Waals surface area (Å²) in [6.07, 6.45) is 6.75. The molecule has 0 aromatic heterocycles. The second kappa shape index (κ2) is 5.66. The maximum atomic E-state index is 13.0. The van der Waals surface area contributed by atoms with Gasteiger partial charge in [0.15, 0.2) is 0 Å². The molecule has 1 nitrogen and oxygen atoms in total. The van der Waals surface area contributed by atoms with Crippen LogP contribution in [0.3, 0.4) is 0 Å². The smallest absolute Gasteiger partial charge is 0.139 e. The molecule has 0 amide bonds. The molecule has 74 valence electrons. The zero-order chi connectivity index (χ0) is 10.4. The van der Waals surface area contributed by atoms with Crippen molar-refractivity contribution in [2.45, 2.75) is 12.8 Å². The fraction of sp³-hybridized carbons (Fsp3) is 0.273. The third-order valence-corrected chi connectivity index (χ3v) is 2.39. The van der Waals surface area contributed by atoms with Gasteiger partial charge in [-0.3, -0.25) is 0 Å². The van der Waals surface area contributed by atoms with Gasteiger partial charge in [-0.2, -0.15) is 0 Å². The molecule has 0 radical (unpaired) electrons. The lowest BCUT2D eigenvalue weighted by molar-refractivity contribution is 0.621. The van der Waals surface area contributed by atoms with Crippen LogP contribution in [-0.2, 0) is 0 Å². The highest BCUT2D eigenvalue weighted by Gasteiger charge is 1.99. The Kier molecular flexibility index (Phi) is 4.48. The van der Waals surface area contributed by atoms with Crippen LogP contribution in [0.4, 0.5) is 10.1 Å². The number of halogens is 2. The fourth-order valence-corrected chi connectivity index (χ4v) is 1.28. The second-order valence-electron chi connectivity index (χ2n) is 2.86. The van der Waals surface area contributed by atoms with Crippen LogP contribution in [0, 0.1) is 18.2 Å². The van der Waals surface area contributed by atoms with E-state index < -0.39 is 0 Å². The molecule has 0 aliphatic carbocycles. The lowest BCUT2D eigenvalue weighted by Gasteiger charge is -2.05. The van der Waals surface area contributed by atoms with Gasteiger partial charge in [-0.1, -0.05) is 0 Å². The van der Waals surface area contributed by atoms with Crippen molar-refractivity contribution in [3.8, 4) is 12.3 Å². The third-order valence-electron chi connectivity index (χ3n) is 1.75. The molecule has 0 atom stereocenters. The second-order valence-corrected chi connectivity index (χ2v) is 3.72. The molecule has 0 heterocycles. The lowest BCUT2D eigenvalue weighted by Crippen LogP contribution is -2.01. The predicted octanol–water partition coefficient (Wildman–Crippen LogP) is 3.41. The first-order chi connectivity index (χ1) is 6.74. The van der Waals surface area contributed by atoms with Gasteiger partial charge < -0.3 is 5.32 Å². The molecule has 1 rings (SSSR count). The number of nitrogens with one attached hydrogen (secondary N) is 1. The molecular weight excluding hydrogens is 245 g/mol. The van der Waals surface area contributed by atoms with Crippen molar-refractivity contribution < 1.29 is 4.39 Å². The van der Waals surface area contributed by atoms with Gasteiger partial charge >= 0.3 is 0 Å². The summed E-state index contributed by atoms with van der Waals surface area (Å²) in [5.41, 5.74) is 0.780. The topological polar surface area (TPSA) is 12.0 Å². The molecule has 0 fully saturated rings. The van der Waals surface area contributed by atoms with E-state index in [9.17, 15) is 4.39 Å². The zero-order valence-electron chi connectivity index (χ0n) is 7.69. The molecule has 0 spiro atoms. The number of hydrogen-bond acceptors (Lipinski definition) is 1. The standard InChI is InChI=1S/C11H11BrFN/c1-2-3-4-7-14-9-5-6-10(12)11(13)8-9/h1,5-6,8,14H,3-4,7H2. The first kappa shape index (κ1) is 11.1. The molecule has 0 unspecified atom stereocenters. The fourth-order valence-electron chi connectivity index (χ4n) is 1.03. The highest BCUT2D eigenvalue weighted by Crippen LogP contribution is 2.19. The monoisotopic (exact) mass is 255 g/mol. The van der Waals surface area contributed by atoms with Gasteiger partial charge in [-0.05, 0) is 40.5 Å². The number of unbranched alkanes of at least 4 members (excludes halogenated alkanes) is 1. The summed E-state index contributed by atoms with van der Waals surface area (Å²) in [6, 6.07) is 4.96. The Morgan fingerprint density at radius 3 is 2.93 bits per heavy atom. The Morgan fingerprint density at radius 1 is 1.50 bits per heavy atom. The first-order valence-corrected chi connectivity index (χ1v) is 5.15. The Hall–Kier alpha value is -1.01. The van der Waals surface area contributed by atoms with E-state index in [1.807, 2.05) is 6.07 Å². The number of benzene rings is 1. The summed E-state index contributed by atoms with van der Waals surface area (Å²) in [5.74, 6) is 2.30. The van der Waals surface area contributed by atoms with E-state index >= 15 is 0 Å². The van der Waals surface area contributed by atoms with Gasteiger partial charge in [0.1, 0.15) is 5.82 Å². The molecule has 0 bridgehead atoms. The maximum Gasteiger partial charge on any atom is 0.139 e. The van der Waals surface area contributed by atoms with E-state index in [4.69, 9.17) is 6.42 Å².